The van der Waals surface area contributed by atoms with Gasteiger partial charge in [0.25, 0.3) is 11.1 Å². The topological polar surface area (TPSA) is 114 Å². The van der Waals surface area contributed by atoms with E-state index in [2.05, 4.69) is 9.98 Å². The number of hydrogen-bond acceptors (Lipinski definition) is 5. The van der Waals surface area contributed by atoms with E-state index in [9.17, 15) is 19.5 Å². The van der Waals surface area contributed by atoms with Crippen LogP contribution in [0.25, 0.3) is 5.69 Å². The average Bonchev–Trinajstić information content (AvgIpc) is 2.95. The maximum absolute atomic E-state index is 13.0. The third-order valence-corrected chi connectivity index (χ3v) is 6.19. The van der Waals surface area contributed by atoms with Crippen molar-refractivity contribution in [2.45, 2.75) is 51.5 Å². The Bertz CT molecular complexity index is 1320. The fourth-order valence-corrected chi connectivity index (χ4v) is 4.36. The molecule has 1 aliphatic carbocycles. The Balaban J connectivity index is 1.78. The zero-order valence-corrected chi connectivity index (χ0v) is 18.2. The van der Waals surface area contributed by atoms with E-state index in [0.29, 0.717) is 11.4 Å². The lowest BCUT2D eigenvalue weighted by molar-refractivity contribution is 0.339. The summed E-state index contributed by atoms with van der Waals surface area (Å²) in [6.45, 7) is 1.75. The minimum atomic E-state index is -0.738. The first-order valence-electron chi connectivity index (χ1n) is 10.9. The van der Waals surface area contributed by atoms with Crippen molar-refractivity contribution in [3.05, 3.63) is 72.8 Å². The fraction of sp³-hybridized carbons (Fsp3) is 0.391. The Kier molecular flexibility index (Phi) is 5.98. The summed E-state index contributed by atoms with van der Waals surface area (Å²) in [5.74, 6) is -0.411. The number of nitrogens with zero attached hydrogens (tertiary/aromatic N) is 4. The van der Waals surface area contributed by atoms with Gasteiger partial charge in [-0.1, -0.05) is 43.9 Å². The van der Waals surface area contributed by atoms with Crippen molar-refractivity contribution < 1.29 is 5.11 Å². The molecule has 0 atom stereocenters. The monoisotopic (exact) mass is 437 g/mol. The molecule has 0 radical (unpaired) electrons. The molecule has 9 nitrogen and oxygen atoms in total. The van der Waals surface area contributed by atoms with Crippen molar-refractivity contribution in [1.82, 2.24) is 18.9 Å². The number of para-hydroxylation sites is 1. The van der Waals surface area contributed by atoms with Gasteiger partial charge in [-0.2, -0.15) is 0 Å². The number of aromatic amines is 1. The summed E-state index contributed by atoms with van der Waals surface area (Å²) in [5, 5.41) is 10.8. The van der Waals surface area contributed by atoms with Crippen LogP contribution in [0.4, 0.5) is 5.69 Å². The molecule has 3 aromatic rings. The van der Waals surface area contributed by atoms with Crippen LogP contribution in [0.15, 0.2) is 49.7 Å². The van der Waals surface area contributed by atoms with Gasteiger partial charge in [-0.3, -0.25) is 23.8 Å². The molecular weight excluding hydrogens is 410 g/mol. The highest BCUT2D eigenvalue weighted by molar-refractivity contribution is 5.84. The zero-order chi connectivity index (χ0) is 22.8. The quantitative estimate of drug-likeness (QED) is 0.482. The molecule has 0 aliphatic heterocycles. The number of hydrogen-bond donors (Lipinski definition) is 2. The van der Waals surface area contributed by atoms with Crippen LogP contribution in [0.5, 0.6) is 5.88 Å². The maximum Gasteiger partial charge on any atom is 0.331 e. The van der Waals surface area contributed by atoms with E-state index < -0.39 is 17.1 Å². The molecule has 0 bridgehead atoms. The largest absolute Gasteiger partial charge is 0.494 e. The SMILES string of the molecule is Cc1c(N=Cc2c(O)n(C3CCCCCC3)c(=O)[nH]c2=O)c(=O)n(-c2ccccc2)n1C. The number of rotatable bonds is 4. The summed E-state index contributed by atoms with van der Waals surface area (Å²) in [5.41, 5.74) is -0.405. The van der Waals surface area contributed by atoms with Crippen LogP contribution in [0.1, 0.15) is 55.8 Å². The summed E-state index contributed by atoms with van der Waals surface area (Å²) < 4.78 is 4.42. The molecule has 168 valence electrons. The van der Waals surface area contributed by atoms with Crippen LogP contribution >= 0.6 is 0 Å². The molecule has 2 aromatic heterocycles. The molecule has 1 aliphatic rings. The Labute approximate surface area is 184 Å². The smallest absolute Gasteiger partial charge is 0.331 e. The second kappa shape index (κ2) is 8.86. The Morgan fingerprint density at radius 3 is 2.38 bits per heavy atom. The number of aliphatic imine (C=N–C) groups is 1. The second-order valence-corrected chi connectivity index (χ2v) is 8.18. The molecule has 1 fully saturated rings. The Morgan fingerprint density at radius 2 is 1.72 bits per heavy atom. The lowest BCUT2D eigenvalue weighted by Crippen LogP contribution is -2.34. The average molecular weight is 438 g/mol. The lowest BCUT2D eigenvalue weighted by atomic mass is 10.1. The van der Waals surface area contributed by atoms with Gasteiger partial charge < -0.3 is 5.11 Å². The van der Waals surface area contributed by atoms with Gasteiger partial charge in [0.05, 0.1) is 11.4 Å². The van der Waals surface area contributed by atoms with E-state index in [0.717, 1.165) is 38.5 Å². The summed E-state index contributed by atoms with van der Waals surface area (Å²) in [7, 11) is 1.75. The molecule has 32 heavy (non-hydrogen) atoms. The molecule has 0 unspecified atom stereocenters. The summed E-state index contributed by atoms with van der Waals surface area (Å²) >= 11 is 0. The van der Waals surface area contributed by atoms with Crippen LogP contribution < -0.4 is 16.8 Å². The molecule has 4 rings (SSSR count). The number of H-pyrrole nitrogens is 1. The molecule has 0 amide bonds. The van der Waals surface area contributed by atoms with Crippen molar-refractivity contribution in [3.8, 4) is 11.6 Å². The molecule has 0 spiro atoms. The van der Waals surface area contributed by atoms with E-state index in [1.54, 1.807) is 18.7 Å². The first-order valence-corrected chi connectivity index (χ1v) is 10.9. The number of aromatic hydroxyl groups is 1. The predicted molar refractivity (Wildman–Crippen MR) is 123 cm³/mol. The van der Waals surface area contributed by atoms with Crippen LogP contribution in [-0.4, -0.2) is 30.2 Å². The highest BCUT2D eigenvalue weighted by Gasteiger charge is 2.22. The number of benzene rings is 1. The van der Waals surface area contributed by atoms with Gasteiger partial charge in [-0.15, -0.1) is 0 Å². The standard InChI is InChI=1S/C23H27N5O4/c1-15-19(22(31)28(26(15)2)17-12-8-5-9-13-17)24-14-18-20(29)25-23(32)27(21(18)30)16-10-6-3-4-7-11-16/h5,8-9,12-14,16,30H,3-4,6-7,10-11H2,1-2H3,(H,25,29,32). The minimum absolute atomic E-state index is 0.136. The summed E-state index contributed by atoms with van der Waals surface area (Å²) in [6.07, 6.45) is 6.78. The second-order valence-electron chi connectivity index (χ2n) is 8.18. The molecule has 1 aromatic carbocycles. The van der Waals surface area contributed by atoms with Crippen molar-refractivity contribution in [2.24, 2.45) is 12.0 Å². The van der Waals surface area contributed by atoms with Gasteiger partial charge in [0, 0.05) is 19.3 Å². The van der Waals surface area contributed by atoms with Gasteiger partial charge >= 0.3 is 5.69 Å². The Morgan fingerprint density at radius 1 is 1.06 bits per heavy atom. The highest BCUT2D eigenvalue weighted by atomic mass is 16.3. The van der Waals surface area contributed by atoms with E-state index in [1.807, 2.05) is 30.3 Å². The van der Waals surface area contributed by atoms with E-state index in [1.165, 1.54) is 15.5 Å². The van der Waals surface area contributed by atoms with Crippen molar-refractivity contribution in [3.63, 3.8) is 0 Å². The fourth-order valence-electron chi connectivity index (χ4n) is 4.36. The zero-order valence-electron chi connectivity index (χ0n) is 18.2. The molecular formula is C23H27N5O4. The molecule has 2 heterocycles. The number of aromatic nitrogens is 4. The summed E-state index contributed by atoms with van der Waals surface area (Å²) in [4.78, 5) is 44.5. The predicted octanol–water partition coefficient (Wildman–Crippen LogP) is 2.69. The van der Waals surface area contributed by atoms with E-state index in [-0.39, 0.29) is 22.9 Å². The molecule has 0 saturated heterocycles. The Hall–Kier alpha value is -3.62. The first kappa shape index (κ1) is 21.6. The van der Waals surface area contributed by atoms with Crippen LogP contribution in [0.3, 0.4) is 0 Å². The third kappa shape index (κ3) is 3.86. The van der Waals surface area contributed by atoms with Crippen LogP contribution in [0, 0.1) is 6.92 Å². The van der Waals surface area contributed by atoms with Crippen molar-refractivity contribution in [1.29, 1.82) is 0 Å². The third-order valence-electron chi connectivity index (χ3n) is 6.19. The molecule has 2 N–H and O–H groups in total. The van der Waals surface area contributed by atoms with Gasteiger partial charge in [0.2, 0.25) is 5.88 Å². The van der Waals surface area contributed by atoms with Gasteiger partial charge in [-0.05, 0) is 31.9 Å². The first-order chi connectivity index (χ1) is 15.4. The van der Waals surface area contributed by atoms with Crippen molar-refractivity contribution >= 4 is 11.9 Å². The van der Waals surface area contributed by atoms with Crippen LogP contribution in [-0.2, 0) is 7.05 Å². The maximum atomic E-state index is 13.0. The lowest BCUT2D eigenvalue weighted by Gasteiger charge is -2.19. The minimum Gasteiger partial charge on any atom is -0.494 e. The van der Waals surface area contributed by atoms with E-state index >= 15 is 0 Å². The number of nitrogens with one attached hydrogen (secondary N) is 1. The van der Waals surface area contributed by atoms with Crippen LogP contribution in [0.2, 0.25) is 0 Å². The normalized spacial score (nSPS) is 15.3. The summed E-state index contributed by atoms with van der Waals surface area (Å²) in [6, 6.07) is 8.98. The van der Waals surface area contributed by atoms with Gasteiger partial charge in [-0.25, -0.2) is 14.5 Å². The van der Waals surface area contributed by atoms with Gasteiger partial charge in [0.1, 0.15) is 5.56 Å². The van der Waals surface area contributed by atoms with Gasteiger partial charge in [0.15, 0.2) is 5.69 Å². The highest BCUT2D eigenvalue weighted by Crippen LogP contribution is 2.29. The molecule has 9 heteroatoms. The van der Waals surface area contributed by atoms with E-state index in [4.69, 9.17) is 0 Å². The van der Waals surface area contributed by atoms with Crippen molar-refractivity contribution in [2.75, 3.05) is 0 Å². The molecule has 1 saturated carbocycles.